The molecule has 0 spiro atoms. The van der Waals surface area contributed by atoms with Crippen LogP contribution in [0.3, 0.4) is 0 Å². The van der Waals surface area contributed by atoms with Crippen molar-refractivity contribution in [3.05, 3.63) is 36.0 Å². The fraction of sp³-hybridized carbons (Fsp3) is 0.273. The number of aromatic nitrogens is 1. The Morgan fingerprint density at radius 3 is 2.93 bits per heavy atom. The van der Waals surface area contributed by atoms with Gasteiger partial charge in [0.05, 0.1) is 12.6 Å². The van der Waals surface area contributed by atoms with Crippen molar-refractivity contribution < 1.29 is 5.11 Å². The Bertz CT molecular complexity index is 447. The van der Waals surface area contributed by atoms with Crippen LogP contribution in [0.1, 0.15) is 11.6 Å². The maximum absolute atomic E-state index is 9.02. The topological polar surface area (TPSA) is 51.2 Å². The lowest BCUT2D eigenvalue weighted by atomic mass is 10.0. The molecule has 14 heavy (non-hydrogen) atoms. The first-order valence-electron chi connectivity index (χ1n) is 4.64. The van der Waals surface area contributed by atoms with Gasteiger partial charge >= 0.3 is 0 Å². The van der Waals surface area contributed by atoms with Gasteiger partial charge in [0.15, 0.2) is 0 Å². The smallest absolute Gasteiger partial charge is 0.0624 e. The minimum absolute atomic E-state index is 0.0198. The lowest BCUT2D eigenvalue weighted by Gasteiger charge is -2.09. The number of nitrogens with two attached hydrogens (primary N) is 1. The van der Waals surface area contributed by atoms with E-state index in [0.717, 1.165) is 16.5 Å². The van der Waals surface area contributed by atoms with E-state index in [1.807, 2.05) is 42.1 Å². The van der Waals surface area contributed by atoms with Gasteiger partial charge in [0, 0.05) is 24.1 Å². The molecule has 74 valence electrons. The number of benzene rings is 1. The molecule has 1 atom stereocenters. The van der Waals surface area contributed by atoms with Crippen molar-refractivity contribution in [3.8, 4) is 0 Å². The monoisotopic (exact) mass is 190 g/mol. The third-order valence-corrected chi connectivity index (χ3v) is 2.56. The quantitative estimate of drug-likeness (QED) is 0.747. The lowest BCUT2D eigenvalue weighted by molar-refractivity contribution is 0.268. The summed E-state index contributed by atoms with van der Waals surface area (Å²) in [5.74, 6) is 0. The second-order valence-corrected chi connectivity index (χ2v) is 3.50. The summed E-state index contributed by atoms with van der Waals surface area (Å²) in [6.45, 7) is -0.0198. The van der Waals surface area contributed by atoms with Crippen molar-refractivity contribution in [2.45, 2.75) is 6.04 Å². The molecule has 2 rings (SSSR count). The second-order valence-electron chi connectivity index (χ2n) is 3.50. The van der Waals surface area contributed by atoms with Crippen molar-refractivity contribution >= 4 is 10.9 Å². The molecular weight excluding hydrogens is 176 g/mol. The number of rotatable bonds is 2. The Kier molecular flexibility index (Phi) is 2.27. The third-order valence-electron chi connectivity index (χ3n) is 2.56. The predicted octanol–water partition coefficient (Wildman–Crippen LogP) is 1.17. The second kappa shape index (κ2) is 3.44. The zero-order valence-corrected chi connectivity index (χ0v) is 8.14. The molecule has 0 amide bonds. The number of nitrogens with zero attached hydrogens (tertiary/aromatic N) is 1. The van der Waals surface area contributed by atoms with Gasteiger partial charge in [-0.2, -0.15) is 0 Å². The first-order chi connectivity index (χ1) is 6.74. The van der Waals surface area contributed by atoms with Gasteiger partial charge in [-0.1, -0.05) is 12.1 Å². The Balaban J connectivity index is 2.65. The first kappa shape index (κ1) is 9.24. The Morgan fingerprint density at radius 1 is 1.43 bits per heavy atom. The molecule has 3 heteroatoms. The summed E-state index contributed by atoms with van der Waals surface area (Å²) in [6, 6.07) is 7.71. The number of aliphatic hydroxyl groups is 1. The summed E-state index contributed by atoms with van der Waals surface area (Å²) < 4.78 is 2.04. The van der Waals surface area contributed by atoms with E-state index < -0.39 is 0 Å². The molecule has 0 aliphatic heterocycles. The van der Waals surface area contributed by atoms with Crippen molar-refractivity contribution in [1.29, 1.82) is 0 Å². The predicted molar refractivity (Wildman–Crippen MR) is 56.9 cm³/mol. The van der Waals surface area contributed by atoms with Crippen molar-refractivity contribution in [2.24, 2.45) is 12.8 Å². The molecule has 0 aliphatic carbocycles. The summed E-state index contributed by atoms with van der Waals surface area (Å²) in [6.07, 6.45) is 2.00. The molecule has 1 aromatic heterocycles. The lowest BCUT2D eigenvalue weighted by Crippen LogP contribution is -2.14. The highest BCUT2D eigenvalue weighted by molar-refractivity contribution is 5.84. The summed E-state index contributed by atoms with van der Waals surface area (Å²) in [7, 11) is 2.00. The first-order valence-corrected chi connectivity index (χ1v) is 4.64. The van der Waals surface area contributed by atoms with E-state index in [0.29, 0.717) is 0 Å². The van der Waals surface area contributed by atoms with Gasteiger partial charge in [-0.25, -0.2) is 0 Å². The summed E-state index contributed by atoms with van der Waals surface area (Å²) >= 11 is 0. The molecule has 0 saturated heterocycles. The van der Waals surface area contributed by atoms with Gasteiger partial charge in [0.1, 0.15) is 0 Å². The van der Waals surface area contributed by atoms with Crippen molar-refractivity contribution in [3.63, 3.8) is 0 Å². The van der Waals surface area contributed by atoms with Crippen LogP contribution in [0, 0.1) is 0 Å². The molecule has 0 radical (unpaired) electrons. The van der Waals surface area contributed by atoms with E-state index in [1.165, 1.54) is 0 Å². The minimum Gasteiger partial charge on any atom is -0.394 e. The SMILES string of the molecule is Cn1ccc2c([C@H](N)CO)cccc21. The summed E-state index contributed by atoms with van der Waals surface area (Å²) in [5, 5.41) is 10.1. The highest BCUT2D eigenvalue weighted by Gasteiger charge is 2.09. The summed E-state index contributed by atoms with van der Waals surface area (Å²) in [5.41, 5.74) is 7.96. The highest BCUT2D eigenvalue weighted by atomic mass is 16.3. The Hall–Kier alpha value is -1.32. The molecule has 0 bridgehead atoms. The molecule has 3 N–H and O–H groups in total. The number of aliphatic hydroxyl groups excluding tert-OH is 1. The van der Waals surface area contributed by atoms with E-state index in [2.05, 4.69) is 0 Å². The van der Waals surface area contributed by atoms with Crippen LogP contribution >= 0.6 is 0 Å². The number of hydrogen-bond acceptors (Lipinski definition) is 2. The van der Waals surface area contributed by atoms with E-state index in [9.17, 15) is 0 Å². The van der Waals surface area contributed by atoms with Crippen molar-refractivity contribution in [2.75, 3.05) is 6.61 Å². The molecule has 1 heterocycles. The van der Waals surface area contributed by atoms with Crippen molar-refractivity contribution in [1.82, 2.24) is 4.57 Å². The normalized spacial score (nSPS) is 13.4. The fourth-order valence-corrected chi connectivity index (χ4v) is 1.75. The number of aryl methyl sites for hydroxylation is 1. The van der Waals surface area contributed by atoms with E-state index >= 15 is 0 Å². The molecule has 0 saturated carbocycles. The highest BCUT2D eigenvalue weighted by Crippen LogP contribution is 2.23. The van der Waals surface area contributed by atoms with Crippen LogP contribution in [-0.4, -0.2) is 16.3 Å². The molecule has 3 nitrogen and oxygen atoms in total. The van der Waals surface area contributed by atoms with Crippen LogP contribution in [0.5, 0.6) is 0 Å². The molecule has 0 unspecified atom stereocenters. The minimum atomic E-state index is -0.291. The van der Waals surface area contributed by atoms with Gasteiger partial charge < -0.3 is 15.4 Å². The van der Waals surface area contributed by atoms with E-state index in [-0.39, 0.29) is 12.6 Å². The molecule has 0 aliphatic rings. The van der Waals surface area contributed by atoms with Crippen LogP contribution in [0.25, 0.3) is 10.9 Å². The largest absolute Gasteiger partial charge is 0.394 e. The Labute approximate surface area is 82.8 Å². The molecule has 1 aromatic carbocycles. The van der Waals surface area contributed by atoms with Crippen LogP contribution in [0.4, 0.5) is 0 Å². The van der Waals surface area contributed by atoms with Crippen LogP contribution in [0.15, 0.2) is 30.5 Å². The van der Waals surface area contributed by atoms with E-state index in [1.54, 1.807) is 0 Å². The molecule has 2 aromatic rings. The van der Waals surface area contributed by atoms with Gasteiger partial charge in [0.25, 0.3) is 0 Å². The average molecular weight is 190 g/mol. The fourth-order valence-electron chi connectivity index (χ4n) is 1.75. The van der Waals surface area contributed by atoms with Gasteiger partial charge in [-0.3, -0.25) is 0 Å². The maximum atomic E-state index is 9.02. The summed E-state index contributed by atoms with van der Waals surface area (Å²) in [4.78, 5) is 0. The van der Waals surface area contributed by atoms with Crippen LogP contribution < -0.4 is 5.73 Å². The van der Waals surface area contributed by atoms with Gasteiger partial charge in [-0.05, 0) is 17.7 Å². The number of fused-ring (bicyclic) bond motifs is 1. The number of hydrogen-bond donors (Lipinski definition) is 2. The van der Waals surface area contributed by atoms with E-state index in [4.69, 9.17) is 10.8 Å². The standard InChI is InChI=1S/C11H14N2O/c1-13-6-5-9-8(10(12)7-14)3-2-4-11(9)13/h2-6,10,14H,7,12H2,1H3/t10-/m1/s1. The van der Waals surface area contributed by atoms with Crippen LogP contribution in [0.2, 0.25) is 0 Å². The zero-order chi connectivity index (χ0) is 10.1. The Morgan fingerprint density at radius 2 is 2.21 bits per heavy atom. The molecular formula is C11H14N2O. The van der Waals surface area contributed by atoms with Gasteiger partial charge in [0.2, 0.25) is 0 Å². The molecule has 0 fully saturated rings. The third kappa shape index (κ3) is 1.31. The zero-order valence-electron chi connectivity index (χ0n) is 8.14. The average Bonchev–Trinajstić information content (AvgIpc) is 2.59. The maximum Gasteiger partial charge on any atom is 0.0624 e. The van der Waals surface area contributed by atoms with Crippen LogP contribution in [-0.2, 0) is 7.05 Å². The van der Waals surface area contributed by atoms with Gasteiger partial charge in [-0.15, -0.1) is 0 Å².